The molecule has 46 heavy (non-hydrogen) atoms. The molecular formula is C29H26F3N3O7S4. The third-order valence-corrected chi connectivity index (χ3v) is 12.7. The number of rotatable bonds is 14. The maximum atomic E-state index is 15.7. The number of carboxylic acids is 1. The van der Waals surface area contributed by atoms with Crippen molar-refractivity contribution in [2.24, 2.45) is 0 Å². The summed E-state index contributed by atoms with van der Waals surface area (Å²) in [6.45, 7) is -0.243. The molecule has 0 radical (unpaired) electrons. The minimum atomic E-state index is -4.46. The Labute approximate surface area is 270 Å². The molecule has 0 spiro atoms. The number of hydrogen-bond donors (Lipinski definition) is 2. The van der Waals surface area contributed by atoms with Gasteiger partial charge in [0.05, 0.1) is 21.0 Å². The highest BCUT2D eigenvalue weighted by atomic mass is 33.1. The zero-order valence-corrected chi connectivity index (χ0v) is 27.0. The smallest absolute Gasteiger partial charge is 0.341 e. The Kier molecular flexibility index (Phi) is 10.1. The summed E-state index contributed by atoms with van der Waals surface area (Å²) in [5.41, 5.74) is -1.65. The third kappa shape index (κ3) is 7.38. The predicted octanol–water partition coefficient (Wildman–Crippen LogP) is 5.01. The molecule has 1 aliphatic carbocycles. The lowest BCUT2D eigenvalue weighted by Gasteiger charge is -2.26. The Bertz CT molecular complexity index is 2060. The predicted molar refractivity (Wildman–Crippen MR) is 171 cm³/mol. The number of carbonyl (C=O) groups is 1. The SMILES string of the molecule is O=C(O)c1cn(C2CC2)c2cc(N(CCSSCCNS(=O)(=O)c3ccc(F)cc3)S(=O)(=O)c3ccc(F)cc3)c(F)cc2c1=O. The molecular weight excluding hydrogens is 688 g/mol. The van der Waals surface area contributed by atoms with Crippen molar-refractivity contribution >= 4 is 64.2 Å². The highest BCUT2D eigenvalue weighted by Gasteiger charge is 2.31. The zero-order chi connectivity index (χ0) is 33.2. The first-order chi connectivity index (χ1) is 21.8. The van der Waals surface area contributed by atoms with Gasteiger partial charge < -0.3 is 9.67 Å². The largest absolute Gasteiger partial charge is 0.477 e. The number of hydrogen-bond acceptors (Lipinski definition) is 8. The van der Waals surface area contributed by atoms with Crippen LogP contribution < -0.4 is 14.5 Å². The maximum absolute atomic E-state index is 15.7. The second-order valence-corrected chi connectivity index (χ2v) is 16.5. The molecule has 0 saturated heterocycles. The van der Waals surface area contributed by atoms with Gasteiger partial charge in [-0.25, -0.2) is 39.5 Å². The molecule has 10 nitrogen and oxygen atoms in total. The lowest BCUT2D eigenvalue weighted by Crippen LogP contribution is -2.34. The fourth-order valence-corrected chi connectivity index (χ4v) is 9.21. The van der Waals surface area contributed by atoms with Crippen molar-refractivity contribution in [1.82, 2.24) is 9.29 Å². The van der Waals surface area contributed by atoms with Crippen LogP contribution in [0.4, 0.5) is 18.9 Å². The normalized spacial score (nSPS) is 13.6. The van der Waals surface area contributed by atoms with Crippen molar-refractivity contribution in [2.45, 2.75) is 28.7 Å². The van der Waals surface area contributed by atoms with Gasteiger partial charge in [-0.2, -0.15) is 0 Å². The lowest BCUT2D eigenvalue weighted by molar-refractivity contribution is 0.0694. The van der Waals surface area contributed by atoms with Crippen LogP contribution in [0.5, 0.6) is 0 Å². The average Bonchev–Trinajstić information content (AvgIpc) is 3.85. The first kappa shape index (κ1) is 33.8. The molecule has 3 aromatic carbocycles. The molecule has 0 bridgehead atoms. The first-order valence-electron chi connectivity index (χ1n) is 13.7. The minimum Gasteiger partial charge on any atom is -0.477 e. The van der Waals surface area contributed by atoms with Gasteiger partial charge in [0.1, 0.15) is 23.0 Å². The molecule has 1 fully saturated rings. The number of fused-ring (bicyclic) bond motifs is 1. The van der Waals surface area contributed by atoms with E-state index in [0.717, 1.165) is 58.9 Å². The van der Waals surface area contributed by atoms with Gasteiger partial charge in [0.25, 0.3) is 10.0 Å². The summed E-state index contributed by atoms with van der Waals surface area (Å²) in [6.07, 6.45) is 2.56. The molecule has 1 aliphatic rings. The monoisotopic (exact) mass is 713 g/mol. The molecule has 1 aromatic heterocycles. The fourth-order valence-electron chi connectivity index (χ4n) is 4.61. The van der Waals surface area contributed by atoms with Crippen molar-refractivity contribution < 1.29 is 39.9 Å². The van der Waals surface area contributed by atoms with E-state index in [1.54, 1.807) is 4.57 Å². The Morgan fingerprint density at radius 3 is 2.09 bits per heavy atom. The van der Waals surface area contributed by atoms with Crippen LogP contribution >= 0.6 is 21.6 Å². The van der Waals surface area contributed by atoms with Crippen LogP contribution in [0.25, 0.3) is 10.9 Å². The lowest BCUT2D eigenvalue weighted by atomic mass is 10.1. The number of halogens is 3. The summed E-state index contributed by atoms with van der Waals surface area (Å²) in [7, 11) is -5.90. The first-order valence-corrected chi connectivity index (χ1v) is 19.1. The second-order valence-electron chi connectivity index (χ2n) is 10.2. The van der Waals surface area contributed by atoms with E-state index in [4.69, 9.17) is 0 Å². The highest BCUT2D eigenvalue weighted by Crippen LogP contribution is 2.39. The fraction of sp³-hybridized carbons (Fsp3) is 0.241. The van der Waals surface area contributed by atoms with E-state index >= 15 is 4.39 Å². The van der Waals surface area contributed by atoms with Crippen LogP contribution in [0.15, 0.2) is 81.4 Å². The van der Waals surface area contributed by atoms with Crippen molar-refractivity contribution in [2.75, 3.05) is 28.9 Å². The molecule has 17 heteroatoms. The summed E-state index contributed by atoms with van der Waals surface area (Å²) >= 11 is 0. The van der Waals surface area contributed by atoms with Crippen molar-refractivity contribution in [3.05, 3.63) is 100 Å². The van der Waals surface area contributed by atoms with Gasteiger partial charge in [-0.3, -0.25) is 9.10 Å². The summed E-state index contributed by atoms with van der Waals surface area (Å²) in [5.74, 6) is -3.40. The van der Waals surface area contributed by atoms with E-state index in [9.17, 15) is 40.3 Å². The number of nitrogens with one attached hydrogen (secondary N) is 1. The van der Waals surface area contributed by atoms with Gasteiger partial charge in [0.2, 0.25) is 15.5 Å². The Morgan fingerprint density at radius 2 is 1.50 bits per heavy atom. The van der Waals surface area contributed by atoms with Crippen LogP contribution in [0.3, 0.4) is 0 Å². The molecule has 244 valence electrons. The van der Waals surface area contributed by atoms with Crippen LogP contribution in [0, 0.1) is 17.5 Å². The number of benzene rings is 3. The van der Waals surface area contributed by atoms with Crippen LogP contribution in [-0.4, -0.2) is 57.1 Å². The van der Waals surface area contributed by atoms with Crippen molar-refractivity contribution in [3.8, 4) is 0 Å². The molecule has 1 heterocycles. The summed E-state index contributed by atoms with van der Waals surface area (Å²) in [4.78, 5) is 24.2. The van der Waals surface area contributed by atoms with E-state index in [1.807, 2.05) is 0 Å². The van der Waals surface area contributed by atoms with Crippen molar-refractivity contribution in [1.29, 1.82) is 0 Å². The molecule has 0 aliphatic heterocycles. The Morgan fingerprint density at radius 1 is 0.913 bits per heavy atom. The molecule has 0 unspecified atom stereocenters. The van der Waals surface area contributed by atoms with E-state index in [-0.39, 0.29) is 57.0 Å². The topological polar surface area (TPSA) is 143 Å². The number of aromatic carboxylic acids is 1. The van der Waals surface area contributed by atoms with Crippen LogP contribution in [0.2, 0.25) is 0 Å². The van der Waals surface area contributed by atoms with Crippen molar-refractivity contribution in [3.63, 3.8) is 0 Å². The Balaban J connectivity index is 1.38. The van der Waals surface area contributed by atoms with E-state index in [2.05, 4.69) is 4.72 Å². The number of pyridine rings is 1. The maximum Gasteiger partial charge on any atom is 0.341 e. The van der Waals surface area contributed by atoms with Gasteiger partial charge in [0.15, 0.2) is 0 Å². The number of carboxylic acid groups (broad SMARTS) is 1. The molecule has 4 aromatic rings. The summed E-state index contributed by atoms with van der Waals surface area (Å²) in [6, 6.07) is 10.2. The average molecular weight is 714 g/mol. The minimum absolute atomic E-state index is 0.0191. The van der Waals surface area contributed by atoms with Gasteiger partial charge in [0, 0.05) is 42.2 Å². The number of nitrogens with zero attached hydrogens (tertiary/aromatic N) is 2. The van der Waals surface area contributed by atoms with Crippen LogP contribution in [0.1, 0.15) is 29.2 Å². The summed E-state index contributed by atoms with van der Waals surface area (Å²) in [5, 5.41) is 9.31. The zero-order valence-electron chi connectivity index (χ0n) is 23.7. The molecule has 1 saturated carbocycles. The number of anilines is 1. The standard InChI is InChI=1S/C29H26F3N3O7S4/c30-18-1-7-21(8-2-18)45(39,40)33-11-13-43-44-14-12-35(46(41,42)22-9-3-19(31)4-10-22)27-16-26-23(15-25(27)32)28(36)24(29(37)38)17-34(26)20-5-6-20/h1-4,7-10,15-17,20,33H,5-6,11-14H2,(H,37,38). The molecule has 0 atom stereocenters. The van der Waals surface area contributed by atoms with E-state index in [0.29, 0.717) is 12.8 Å². The quantitative estimate of drug-likeness (QED) is 0.136. The van der Waals surface area contributed by atoms with Gasteiger partial charge >= 0.3 is 5.97 Å². The molecule has 5 rings (SSSR count). The third-order valence-electron chi connectivity index (χ3n) is 7.00. The number of sulfonamides is 2. The number of aromatic nitrogens is 1. The van der Waals surface area contributed by atoms with Gasteiger partial charge in [-0.1, -0.05) is 21.6 Å². The molecule has 0 amide bonds. The highest BCUT2D eigenvalue weighted by molar-refractivity contribution is 8.76. The molecule has 2 N–H and O–H groups in total. The van der Waals surface area contributed by atoms with E-state index in [1.165, 1.54) is 33.9 Å². The summed E-state index contributed by atoms with van der Waals surface area (Å²) < 4.78 is 99.5. The Hall–Kier alpha value is -3.51. The van der Waals surface area contributed by atoms with Gasteiger partial charge in [-0.15, -0.1) is 0 Å². The van der Waals surface area contributed by atoms with Crippen LogP contribution in [-0.2, 0) is 20.0 Å². The van der Waals surface area contributed by atoms with Gasteiger partial charge in [-0.05, 0) is 73.5 Å². The van der Waals surface area contributed by atoms with E-state index < -0.39 is 54.5 Å². The second kappa shape index (κ2) is 13.7.